The average molecular weight is 495 g/mol. The highest BCUT2D eigenvalue weighted by molar-refractivity contribution is 6.06. The Morgan fingerprint density at radius 3 is 2.54 bits per heavy atom. The van der Waals surface area contributed by atoms with E-state index in [0.29, 0.717) is 47.8 Å². The first-order valence-corrected chi connectivity index (χ1v) is 12.2. The highest BCUT2D eigenvalue weighted by Crippen LogP contribution is 2.40. The number of nitrogens with zero attached hydrogens (tertiary/aromatic N) is 4. The molecule has 0 saturated heterocycles. The van der Waals surface area contributed by atoms with Gasteiger partial charge in [0.05, 0.1) is 18.8 Å². The molecule has 37 heavy (non-hydrogen) atoms. The number of carbonyl (C=O) groups is 1. The number of anilines is 2. The summed E-state index contributed by atoms with van der Waals surface area (Å²) in [5.41, 5.74) is 4.74. The molecule has 4 heterocycles. The summed E-state index contributed by atoms with van der Waals surface area (Å²) in [7, 11) is 0. The third-order valence-electron chi connectivity index (χ3n) is 6.43. The first kappa shape index (κ1) is 22.8. The number of aryl methyl sites for hydroxylation is 1. The molecule has 1 unspecified atom stereocenters. The van der Waals surface area contributed by atoms with E-state index in [0.717, 1.165) is 28.8 Å². The van der Waals surface area contributed by atoms with Crippen molar-refractivity contribution in [1.29, 1.82) is 0 Å². The molecule has 0 fully saturated rings. The van der Waals surface area contributed by atoms with Gasteiger partial charge in [-0.15, -0.1) is 5.10 Å². The first-order valence-electron chi connectivity index (χ1n) is 12.2. The van der Waals surface area contributed by atoms with Crippen molar-refractivity contribution < 1.29 is 14.3 Å². The molecular weight excluding hydrogens is 468 g/mol. The molecule has 0 bridgehead atoms. The van der Waals surface area contributed by atoms with Crippen LogP contribution in [-0.4, -0.2) is 38.9 Å². The zero-order valence-electron chi connectivity index (χ0n) is 20.6. The Morgan fingerprint density at radius 2 is 1.76 bits per heavy atom. The van der Waals surface area contributed by atoms with Crippen LogP contribution in [0, 0.1) is 6.92 Å². The lowest BCUT2D eigenvalue weighted by Crippen LogP contribution is -2.31. The predicted octanol–water partition coefficient (Wildman–Crippen LogP) is 4.74. The zero-order valence-corrected chi connectivity index (χ0v) is 20.6. The Balaban J connectivity index is 1.45. The molecule has 1 atom stereocenters. The number of carbonyl (C=O) groups excluding carboxylic acids is 1. The molecule has 0 radical (unpaired) electrons. The second-order valence-corrected chi connectivity index (χ2v) is 9.08. The number of hydrogen-bond donors (Lipinski definition) is 2. The smallest absolute Gasteiger partial charge is 0.255 e. The van der Waals surface area contributed by atoms with Gasteiger partial charge in [0, 0.05) is 35.8 Å². The Bertz CT molecular complexity index is 1490. The summed E-state index contributed by atoms with van der Waals surface area (Å²) in [4.78, 5) is 22.6. The quantitative estimate of drug-likeness (QED) is 0.422. The van der Waals surface area contributed by atoms with E-state index in [9.17, 15) is 4.79 Å². The fraction of sp³-hybridized carbons (Fsp3) is 0.214. The molecule has 0 aliphatic carbocycles. The summed E-state index contributed by atoms with van der Waals surface area (Å²) in [6, 6.07) is 16.7. The maximum Gasteiger partial charge on any atom is 0.255 e. The second kappa shape index (κ2) is 9.42. The van der Waals surface area contributed by atoms with Crippen LogP contribution in [0.3, 0.4) is 0 Å². The van der Waals surface area contributed by atoms with Gasteiger partial charge in [-0.25, -0.2) is 4.68 Å². The van der Waals surface area contributed by atoms with E-state index >= 15 is 0 Å². The molecule has 9 nitrogen and oxygen atoms in total. The molecular formula is C28H26N6O3. The van der Waals surface area contributed by atoms with Gasteiger partial charge in [-0.1, -0.05) is 23.8 Å². The molecule has 2 aliphatic rings. The lowest BCUT2D eigenvalue weighted by atomic mass is 9.94. The topological polar surface area (TPSA) is 103 Å². The minimum absolute atomic E-state index is 0.224. The average Bonchev–Trinajstić information content (AvgIpc) is 3.19. The summed E-state index contributed by atoms with van der Waals surface area (Å²) >= 11 is 0. The highest BCUT2D eigenvalue weighted by Gasteiger charge is 2.35. The van der Waals surface area contributed by atoms with Crippen LogP contribution < -0.4 is 20.1 Å². The number of pyridine rings is 1. The van der Waals surface area contributed by atoms with Crippen LogP contribution in [0.15, 0.2) is 78.3 Å². The fourth-order valence-electron chi connectivity index (χ4n) is 4.56. The highest BCUT2D eigenvalue weighted by atomic mass is 16.5. The summed E-state index contributed by atoms with van der Waals surface area (Å²) in [6.07, 6.45) is 4.21. The predicted molar refractivity (Wildman–Crippen MR) is 140 cm³/mol. The molecule has 0 saturated carbocycles. The van der Waals surface area contributed by atoms with E-state index in [4.69, 9.17) is 19.6 Å². The van der Waals surface area contributed by atoms with Gasteiger partial charge in [0.1, 0.15) is 6.04 Å². The summed E-state index contributed by atoms with van der Waals surface area (Å²) in [5.74, 6) is 2.21. The minimum Gasteiger partial charge on any atom is -0.490 e. The summed E-state index contributed by atoms with van der Waals surface area (Å²) < 4.78 is 13.6. The van der Waals surface area contributed by atoms with Gasteiger partial charge in [-0.05, 0) is 55.8 Å². The molecule has 2 aromatic heterocycles. The van der Waals surface area contributed by atoms with Gasteiger partial charge in [-0.3, -0.25) is 9.78 Å². The number of hydrogen-bond acceptors (Lipinski definition) is 7. The van der Waals surface area contributed by atoms with Crippen LogP contribution in [0.2, 0.25) is 0 Å². The largest absolute Gasteiger partial charge is 0.490 e. The molecule has 2 N–H and O–H groups in total. The van der Waals surface area contributed by atoms with Crippen molar-refractivity contribution in [3.05, 3.63) is 89.4 Å². The van der Waals surface area contributed by atoms with Gasteiger partial charge >= 0.3 is 0 Å². The number of rotatable bonds is 4. The van der Waals surface area contributed by atoms with Crippen molar-refractivity contribution in [3.63, 3.8) is 0 Å². The summed E-state index contributed by atoms with van der Waals surface area (Å²) in [5, 5.41) is 11.2. The van der Waals surface area contributed by atoms with E-state index in [-0.39, 0.29) is 5.91 Å². The number of fused-ring (bicyclic) bond motifs is 2. The number of nitrogens with one attached hydrogen (secondary N) is 2. The maximum atomic E-state index is 13.7. The van der Waals surface area contributed by atoms with Crippen molar-refractivity contribution in [2.75, 3.05) is 23.8 Å². The van der Waals surface area contributed by atoms with E-state index in [1.807, 2.05) is 68.4 Å². The zero-order chi connectivity index (χ0) is 25.4. The minimum atomic E-state index is -0.540. The molecule has 4 aromatic rings. The molecule has 2 aromatic carbocycles. The Hall–Kier alpha value is -4.66. The van der Waals surface area contributed by atoms with Gasteiger partial charge in [0.2, 0.25) is 5.95 Å². The normalized spacial score (nSPS) is 16.4. The molecule has 1 amide bonds. The molecule has 2 aliphatic heterocycles. The summed E-state index contributed by atoms with van der Waals surface area (Å²) in [6.45, 7) is 5.06. The Morgan fingerprint density at radius 1 is 1.00 bits per heavy atom. The molecule has 9 heteroatoms. The molecule has 6 rings (SSSR count). The van der Waals surface area contributed by atoms with E-state index in [2.05, 4.69) is 15.6 Å². The van der Waals surface area contributed by atoms with E-state index < -0.39 is 6.04 Å². The van der Waals surface area contributed by atoms with Crippen LogP contribution in [-0.2, 0) is 4.79 Å². The van der Waals surface area contributed by atoms with Crippen LogP contribution in [0.5, 0.6) is 11.5 Å². The fourth-order valence-corrected chi connectivity index (χ4v) is 4.56. The number of amides is 1. The van der Waals surface area contributed by atoms with Crippen LogP contribution in [0.25, 0.3) is 11.4 Å². The van der Waals surface area contributed by atoms with Crippen molar-refractivity contribution in [3.8, 4) is 22.9 Å². The third-order valence-corrected chi connectivity index (χ3v) is 6.43. The monoisotopic (exact) mass is 494 g/mol. The first-order chi connectivity index (χ1) is 18.1. The number of aromatic nitrogens is 4. The number of allylic oxidation sites excluding steroid dienone is 1. The van der Waals surface area contributed by atoms with Crippen LogP contribution in [0.1, 0.15) is 30.5 Å². The van der Waals surface area contributed by atoms with Crippen molar-refractivity contribution in [1.82, 2.24) is 19.7 Å². The van der Waals surface area contributed by atoms with Crippen LogP contribution >= 0.6 is 0 Å². The Labute approximate surface area is 214 Å². The lowest BCUT2D eigenvalue weighted by Gasteiger charge is -2.29. The molecule has 186 valence electrons. The van der Waals surface area contributed by atoms with Gasteiger partial charge in [0.25, 0.3) is 5.91 Å². The van der Waals surface area contributed by atoms with Crippen molar-refractivity contribution >= 4 is 17.5 Å². The van der Waals surface area contributed by atoms with Gasteiger partial charge < -0.3 is 20.1 Å². The van der Waals surface area contributed by atoms with Gasteiger partial charge in [-0.2, -0.15) is 4.98 Å². The second-order valence-electron chi connectivity index (χ2n) is 9.08. The standard InChI is InChI=1S/C28H26N6O3/c1-17-4-7-21(8-5-17)31-27(35)24-18(2)30-28-32-26(19-10-12-29-13-11-19)33-34(28)25(24)20-6-9-22-23(16-20)37-15-3-14-36-22/h4-13,16,25H,3,14-15H2,1-2H3,(H,31,35)(H,30,32,33). The SMILES string of the molecule is CC1=C(C(=O)Nc2ccc(C)cc2)C(c2ccc3c(c2)OCCCO3)n2nc(-c3ccncc3)nc2N1. The third kappa shape index (κ3) is 4.40. The lowest BCUT2D eigenvalue weighted by molar-refractivity contribution is -0.113. The number of benzene rings is 2. The number of ether oxygens (including phenoxy) is 2. The Kier molecular flexibility index (Phi) is 5.80. The van der Waals surface area contributed by atoms with Crippen molar-refractivity contribution in [2.45, 2.75) is 26.3 Å². The van der Waals surface area contributed by atoms with Crippen LogP contribution in [0.4, 0.5) is 11.6 Å². The maximum absolute atomic E-state index is 13.7. The van der Waals surface area contributed by atoms with E-state index in [1.54, 1.807) is 17.1 Å². The van der Waals surface area contributed by atoms with E-state index in [1.165, 1.54) is 0 Å². The van der Waals surface area contributed by atoms with Gasteiger partial charge in [0.15, 0.2) is 17.3 Å². The molecule has 0 spiro atoms. The van der Waals surface area contributed by atoms with Crippen molar-refractivity contribution in [2.24, 2.45) is 0 Å².